The zero-order valence-corrected chi connectivity index (χ0v) is 16.3. The van der Waals surface area contributed by atoms with E-state index in [1.54, 1.807) is 7.11 Å². The first-order chi connectivity index (χ1) is 12.5. The van der Waals surface area contributed by atoms with Gasteiger partial charge in [-0.2, -0.15) is 0 Å². The molecule has 0 unspecified atom stereocenters. The molecule has 0 radical (unpaired) electrons. The van der Waals surface area contributed by atoms with Gasteiger partial charge in [0.2, 0.25) is 0 Å². The van der Waals surface area contributed by atoms with Crippen molar-refractivity contribution < 1.29 is 14.6 Å². The molecule has 0 bridgehead atoms. The number of benzene rings is 2. The number of carbonyl (C=O) groups is 1. The first kappa shape index (κ1) is 17.2. The highest BCUT2D eigenvalue weighted by Gasteiger charge is 2.46. The van der Waals surface area contributed by atoms with E-state index in [0.29, 0.717) is 6.42 Å². The van der Waals surface area contributed by atoms with Crippen molar-refractivity contribution in [3.05, 3.63) is 63.3 Å². The van der Waals surface area contributed by atoms with Crippen LogP contribution in [0.1, 0.15) is 34.7 Å². The zero-order chi connectivity index (χ0) is 18.4. The standard InChI is InChI=1S/C21H20BrNO3/c1-11-19(14-10-15(14)21(24)25)20-16(9-12-3-5-13(22)6-4-12)18(26-2)8-7-17(20)23-11/h3-8,14-15,23H,9-10H2,1-2H3,(H,24,25)/t14-,15-/m1/s1. The van der Waals surface area contributed by atoms with E-state index in [-0.39, 0.29) is 11.8 Å². The van der Waals surface area contributed by atoms with Gasteiger partial charge >= 0.3 is 5.97 Å². The van der Waals surface area contributed by atoms with Crippen LogP contribution in [0, 0.1) is 12.8 Å². The number of ether oxygens (including phenoxy) is 1. The topological polar surface area (TPSA) is 62.3 Å². The third kappa shape index (κ3) is 2.90. The van der Waals surface area contributed by atoms with Crippen molar-refractivity contribution in [1.29, 1.82) is 0 Å². The largest absolute Gasteiger partial charge is 0.496 e. The lowest BCUT2D eigenvalue weighted by Gasteiger charge is -2.12. The number of halogens is 1. The van der Waals surface area contributed by atoms with E-state index in [9.17, 15) is 9.90 Å². The number of aromatic amines is 1. The Labute approximate surface area is 160 Å². The molecule has 1 aromatic heterocycles. The number of hydrogen-bond acceptors (Lipinski definition) is 2. The van der Waals surface area contributed by atoms with Crippen molar-refractivity contribution in [1.82, 2.24) is 4.98 Å². The van der Waals surface area contributed by atoms with Gasteiger partial charge in [0.15, 0.2) is 0 Å². The molecule has 0 amide bonds. The number of hydrogen-bond donors (Lipinski definition) is 2. The molecule has 4 rings (SSSR count). The van der Waals surface area contributed by atoms with E-state index in [1.165, 1.54) is 5.56 Å². The second kappa shape index (κ2) is 6.47. The predicted molar refractivity (Wildman–Crippen MR) is 105 cm³/mol. The summed E-state index contributed by atoms with van der Waals surface area (Å²) in [5, 5.41) is 10.5. The van der Waals surface area contributed by atoms with Gasteiger partial charge in [-0.25, -0.2) is 0 Å². The zero-order valence-electron chi connectivity index (χ0n) is 14.7. The second-order valence-corrected chi connectivity index (χ2v) is 7.84. The maximum absolute atomic E-state index is 11.4. The highest BCUT2D eigenvalue weighted by molar-refractivity contribution is 9.10. The fraction of sp³-hybridized carbons (Fsp3) is 0.286. The van der Waals surface area contributed by atoms with Crippen LogP contribution in [-0.4, -0.2) is 23.2 Å². The molecule has 5 heteroatoms. The SMILES string of the molecule is COc1ccc2[nH]c(C)c([C@@H]3C[C@H]3C(=O)O)c2c1Cc1ccc(Br)cc1. The molecular weight excluding hydrogens is 394 g/mol. The van der Waals surface area contributed by atoms with Crippen LogP contribution in [0.25, 0.3) is 10.9 Å². The number of carboxylic acid groups (broad SMARTS) is 1. The van der Waals surface area contributed by atoms with Gasteiger partial charge in [0.1, 0.15) is 5.75 Å². The quantitative estimate of drug-likeness (QED) is 0.616. The van der Waals surface area contributed by atoms with Crippen molar-refractivity contribution in [2.24, 2.45) is 5.92 Å². The Morgan fingerprint density at radius 3 is 2.62 bits per heavy atom. The van der Waals surface area contributed by atoms with Gasteiger partial charge < -0.3 is 14.8 Å². The summed E-state index contributed by atoms with van der Waals surface area (Å²) in [6, 6.07) is 12.3. The van der Waals surface area contributed by atoms with Crippen LogP contribution in [-0.2, 0) is 11.2 Å². The minimum absolute atomic E-state index is 0.0806. The lowest BCUT2D eigenvalue weighted by Crippen LogP contribution is -2.00. The Morgan fingerprint density at radius 2 is 2.00 bits per heavy atom. The summed E-state index contributed by atoms with van der Waals surface area (Å²) in [5.41, 5.74) is 5.54. The molecule has 2 atom stereocenters. The highest BCUT2D eigenvalue weighted by Crippen LogP contribution is 2.52. The number of aromatic nitrogens is 1. The van der Waals surface area contributed by atoms with Crippen LogP contribution in [0.15, 0.2) is 40.9 Å². The Balaban J connectivity index is 1.86. The summed E-state index contributed by atoms with van der Waals surface area (Å²) in [6.07, 6.45) is 1.45. The Hall–Kier alpha value is -2.27. The van der Waals surface area contributed by atoms with Crippen LogP contribution in [0.5, 0.6) is 5.75 Å². The molecule has 0 aliphatic heterocycles. The predicted octanol–water partition coefficient (Wildman–Crippen LogP) is 5.03. The summed E-state index contributed by atoms with van der Waals surface area (Å²) in [6.45, 7) is 2.03. The third-order valence-corrected chi connectivity index (χ3v) is 5.79. The van der Waals surface area contributed by atoms with Crippen molar-refractivity contribution in [2.75, 3.05) is 7.11 Å². The average molecular weight is 414 g/mol. The summed E-state index contributed by atoms with van der Waals surface area (Å²) >= 11 is 3.48. The van der Waals surface area contributed by atoms with Gasteiger partial charge in [-0.05, 0) is 48.7 Å². The molecule has 1 aliphatic rings. The van der Waals surface area contributed by atoms with E-state index in [4.69, 9.17) is 4.74 Å². The number of H-pyrrole nitrogens is 1. The minimum atomic E-state index is -0.707. The molecule has 1 heterocycles. The molecule has 2 aromatic carbocycles. The first-order valence-electron chi connectivity index (χ1n) is 8.65. The minimum Gasteiger partial charge on any atom is -0.496 e. The molecule has 134 valence electrons. The third-order valence-electron chi connectivity index (χ3n) is 5.26. The molecule has 1 aliphatic carbocycles. The summed E-state index contributed by atoms with van der Waals surface area (Å²) < 4.78 is 6.70. The Bertz CT molecular complexity index is 991. The monoisotopic (exact) mass is 413 g/mol. The van der Waals surface area contributed by atoms with E-state index in [1.807, 2.05) is 31.2 Å². The van der Waals surface area contributed by atoms with Crippen molar-refractivity contribution in [3.63, 3.8) is 0 Å². The fourth-order valence-corrected chi connectivity index (χ4v) is 4.19. The molecule has 3 aromatic rings. The molecular formula is C21H20BrNO3. The van der Waals surface area contributed by atoms with Crippen LogP contribution < -0.4 is 4.74 Å². The number of aryl methyl sites for hydroxylation is 1. The highest BCUT2D eigenvalue weighted by atomic mass is 79.9. The smallest absolute Gasteiger partial charge is 0.307 e. The Kier molecular flexibility index (Phi) is 4.27. The number of fused-ring (bicyclic) bond motifs is 1. The van der Waals surface area contributed by atoms with Crippen molar-refractivity contribution >= 4 is 32.8 Å². The van der Waals surface area contributed by atoms with Gasteiger partial charge in [0.05, 0.1) is 13.0 Å². The van der Waals surface area contributed by atoms with Crippen molar-refractivity contribution in [2.45, 2.75) is 25.7 Å². The summed E-state index contributed by atoms with van der Waals surface area (Å²) in [4.78, 5) is 14.8. The first-order valence-corrected chi connectivity index (χ1v) is 9.44. The van der Waals surface area contributed by atoms with Gasteiger partial charge in [-0.15, -0.1) is 0 Å². The fourth-order valence-electron chi connectivity index (χ4n) is 3.92. The lowest BCUT2D eigenvalue weighted by atomic mass is 9.95. The molecule has 2 N–H and O–H groups in total. The van der Waals surface area contributed by atoms with Crippen LogP contribution in [0.2, 0.25) is 0 Å². The molecule has 0 spiro atoms. The van der Waals surface area contributed by atoms with E-state index < -0.39 is 5.97 Å². The molecule has 4 nitrogen and oxygen atoms in total. The van der Waals surface area contributed by atoms with Gasteiger partial charge in [-0.3, -0.25) is 4.79 Å². The molecule has 0 saturated heterocycles. The van der Waals surface area contributed by atoms with Crippen LogP contribution in [0.3, 0.4) is 0 Å². The number of carboxylic acids is 1. The Morgan fingerprint density at radius 1 is 1.27 bits per heavy atom. The maximum atomic E-state index is 11.4. The number of rotatable bonds is 5. The van der Waals surface area contributed by atoms with Crippen LogP contribution in [0.4, 0.5) is 0 Å². The number of aliphatic carboxylic acids is 1. The van der Waals surface area contributed by atoms with Crippen molar-refractivity contribution in [3.8, 4) is 5.75 Å². The summed E-state index contributed by atoms with van der Waals surface area (Å²) in [5.74, 6) is -0.0641. The van der Waals surface area contributed by atoms with Gasteiger partial charge in [-0.1, -0.05) is 28.1 Å². The second-order valence-electron chi connectivity index (χ2n) is 6.92. The normalized spacial score (nSPS) is 18.9. The average Bonchev–Trinajstić information content (AvgIpc) is 3.33. The van der Waals surface area contributed by atoms with E-state index >= 15 is 0 Å². The molecule has 1 fully saturated rings. The maximum Gasteiger partial charge on any atom is 0.307 e. The number of methoxy groups -OCH3 is 1. The van der Waals surface area contributed by atoms with Gasteiger partial charge in [0.25, 0.3) is 0 Å². The van der Waals surface area contributed by atoms with Crippen LogP contribution >= 0.6 is 15.9 Å². The van der Waals surface area contributed by atoms with E-state index in [0.717, 1.165) is 44.4 Å². The molecule has 26 heavy (non-hydrogen) atoms. The van der Waals surface area contributed by atoms with Gasteiger partial charge in [0, 0.05) is 39.0 Å². The number of nitrogens with one attached hydrogen (secondary N) is 1. The van der Waals surface area contributed by atoms with E-state index in [2.05, 4.69) is 33.0 Å². The molecule has 1 saturated carbocycles. The lowest BCUT2D eigenvalue weighted by molar-refractivity contribution is -0.138. The summed E-state index contributed by atoms with van der Waals surface area (Å²) in [7, 11) is 1.68.